The van der Waals surface area contributed by atoms with Gasteiger partial charge >= 0.3 is 11.9 Å². The Hall–Kier alpha value is -4.74. The van der Waals surface area contributed by atoms with Gasteiger partial charge in [0.1, 0.15) is 13.1 Å². The molecule has 270 valence electrons. The van der Waals surface area contributed by atoms with Crippen molar-refractivity contribution in [3.8, 4) is 0 Å². The van der Waals surface area contributed by atoms with Crippen LogP contribution in [0.2, 0.25) is 20.1 Å². The van der Waals surface area contributed by atoms with Gasteiger partial charge in [-0.15, -0.1) is 0 Å². The van der Waals surface area contributed by atoms with E-state index in [0.717, 1.165) is 5.56 Å². The molecule has 0 aliphatic heterocycles. The van der Waals surface area contributed by atoms with E-state index in [1.165, 1.54) is 0 Å². The van der Waals surface area contributed by atoms with Gasteiger partial charge in [-0.3, -0.25) is 19.2 Å². The molecule has 0 saturated heterocycles. The summed E-state index contributed by atoms with van der Waals surface area (Å²) in [4.78, 5) is 52.8. The zero-order valence-corrected chi connectivity index (χ0v) is 31.9. The van der Waals surface area contributed by atoms with Crippen molar-refractivity contribution >= 4 is 119 Å². The molecule has 2 heterocycles. The van der Waals surface area contributed by atoms with Crippen LogP contribution >= 0.6 is 46.4 Å². The number of carboxylic acids is 2. The minimum absolute atomic E-state index is 0.194. The maximum atomic E-state index is 13.1. The van der Waals surface area contributed by atoms with Crippen LogP contribution in [0.3, 0.4) is 0 Å². The van der Waals surface area contributed by atoms with E-state index in [-0.39, 0.29) is 23.9 Å². The van der Waals surface area contributed by atoms with Gasteiger partial charge < -0.3 is 29.1 Å². The number of pyridine rings is 2. The van der Waals surface area contributed by atoms with Crippen molar-refractivity contribution in [3.63, 3.8) is 0 Å². The van der Waals surface area contributed by atoms with E-state index in [9.17, 15) is 29.4 Å². The third-order valence-corrected chi connectivity index (χ3v) is 9.95. The predicted molar refractivity (Wildman–Crippen MR) is 215 cm³/mol. The minimum atomic E-state index is -1.03. The number of fused-ring (bicyclic) bond motifs is 4. The van der Waals surface area contributed by atoms with Gasteiger partial charge in [0.25, 0.3) is 0 Å². The number of halogens is 4. The summed E-state index contributed by atoms with van der Waals surface area (Å²) in [5, 5.41) is 22.2. The van der Waals surface area contributed by atoms with E-state index in [0.29, 0.717) is 87.1 Å². The van der Waals surface area contributed by atoms with E-state index in [1.54, 1.807) is 102 Å². The van der Waals surface area contributed by atoms with Gasteiger partial charge in [0.15, 0.2) is 10.9 Å². The Bertz CT molecular complexity index is 2600. The fourth-order valence-electron chi connectivity index (χ4n) is 6.42. The van der Waals surface area contributed by atoms with Crippen LogP contribution in [0.4, 0.5) is 11.4 Å². The summed E-state index contributed by atoms with van der Waals surface area (Å²) in [6.45, 7) is 5.05. The van der Waals surface area contributed by atoms with Crippen LogP contribution < -0.4 is 20.7 Å². The zero-order chi connectivity index (χ0) is 38.3. The molecule has 0 bridgehead atoms. The fourth-order valence-corrected chi connectivity index (χ4v) is 7.61. The second kappa shape index (κ2) is 15.1. The van der Waals surface area contributed by atoms with Gasteiger partial charge in [-0.25, -0.2) is 0 Å². The molecule has 14 heteroatoms. The monoisotopic (exact) mass is 782 g/mol. The molecule has 0 unspecified atom stereocenters. The Balaban J connectivity index is 0.000000201. The SMILES string of the molecule is C=Cc1cc2c(cc1Cl)c(=O)c1ccc(Cl)c(N(C)C)c1n2CC(=O)O.CCc1cc2c(cc1Cl)c(=O)c1ccc(Cl)c(N(C)C)c1n2CC(=O)O. The molecule has 0 spiro atoms. The van der Waals surface area contributed by atoms with E-state index in [1.807, 2.05) is 6.92 Å². The zero-order valence-electron chi connectivity index (χ0n) is 28.9. The third-order valence-electron chi connectivity index (χ3n) is 8.67. The highest BCUT2D eigenvalue weighted by molar-refractivity contribution is 6.36. The molecular weight excluding hydrogens is 750 g/mol. The third kappa shape index (κ3) is 6.91. The molecule has 0 radical (unpaired) electrons. The van der Waals surface area contributed by atoms with Gasteiger partial charge in [-0.2, -0.15) is 0 Å². The maximum Gasteiger partial charge on any atom is 0.323 e. The van der Waals surface area contributed by atoms with E-state index in [2.05, 4.69) is 6.58 Å². The van der Waals surface area contributed by atoms with Crippen LogP contribution in [0.5, 0.6) is 0 Å². The van der Waals surface area contributed by atoms with Crippen molar-refractivity contribution in [2.24, 2.45) is 0 Å². The van der Waals surface area contributed by atoms with Crippen LogP contribution in [0.25, 0.3) is 49.7 Å². The first-order chi connectivity index (χ1) is 24.5. The molecule has 0 fully saturated rings. The number of aliphatic carboxylic acids is 2. The van der Waals surface area contributed by atoms with Crippen LogP contribution in [0.1, 0.15) is 18.1 Å². The smallest absolute Gasteiger partial charge is 0.323 e. The molecular formula is C38H34Cl4N4O6. The second-order valence-electron chi connectivity index (χ2n) is 12.4. The lowest BCUT2D eigenvalue weighted by Crippen LogP contribution is -2.20. The van der Waals surface area contributed by atoms with Crippen molar-refractivity contribution in [3.05, 3.63) is 107 Å². The lowest BCUT2D eigenvalue weighted by molar-refractivity contribution is -0.138. The Morgan fingerprint density at radius 1 is 0.673 bits per heavy atom. The average molecular weight is 785 g/mol. The minimum Gasteiger partial charge on any atom is -0.480 e. The van der Waals surface area contributed by atoms with E-state index < -0.39 is 11.9 Å². The summed E-state index contributed by atoms with van der Waals surface area (Å²) in [6.07, 6.45) is 2.23. The molecule has 6 aromatic rings. The first kappa shape index (κ1) is 38.5. The number of nitrogens with zero attached hydrogens (tertiary/aromatic N) is 4. The molecule has 10 nitrogen and oxygen atoms in total. The number of rotatable bonds is 8. The van der Waals surface area contributed by atoms with Crippen molar-refractivity contribution in [1.29, 1.82) is 0 Å². The lowest BCUT2D eigenvalue weighted by atomic mass is 10.0. The molecule has 4 aromatic carbocycles. The molecule has 6 rings (SSSR count). The number of hydrogen-bond donors (Lipinski definition) is 2. The van der Waals surface area contributed by atoms with E-state index in [4.69, 9.17) is 46.4 Å². The van der Waals surface area contributed by atoms with Crippen LogP contribution in [-0.4, -0.2) is 59.5 Å². The number of aromatic nitrogens is 2. The molecule has 52 heavy (non-hydrogen) atoms. The Kier molecular flexibility index (Phi) is 11.2. The summed E-state index contributed by atoms with van der Waals surface area (Å²) in [5.41, 5.74) is 4.22. The number of carboxylic acid groups (broad SMARTS) is 2. The molecule has 0 saturated carbocycles. The van der Waals surface area contributed by atoms with Crippen LogP contribution in [0, 0.1) is 0 Å². The van der Waals surface area contributed by atoms with Gasteiger partial charge in [0.2, 0.25) is 0 Å². The van der Waals surface area contributed by atoms with Gasteiger partial charge in [0, 0.05) is 59.8 Å². The Morgan fingerprint density at radius 2 is 1.10 bits per heavy atom. The predicted octanol–water partition coefficient (Wildman–Crippen LogP) is 8.43. The highest BCUT2D eigenvalue weighted by atomic mass is 35.5. The van der Waals surface area contributed by atoms with Crippen molar-refractivity contribution in [1.82, 2.24) is 9.13 Å². The highest BCUT2D eigenvalue weighted by Crippen LogP contribution is 2.37. The van der Waals surface area contributed by atoms with Crippen molar-refractivity contribution in [2.75, 3.05) is 38.0 Å². The van der Waals surface area contributed by atoms with Crippen molar-refractivity contribution in [2.45, 2.75) is 26.4 Å². The molecule has 0 aliphatic rings. The van der Waals surface area contributed by atoms with Crippen LogP contribution in [0.15, 0.2) is 64.7 Å². The highest BCUT2D eigenvalue weighted by Gasteiger charge is 2.22. The van der Waals surface area contributed by atoms with Gasteiger partial charge in [-0.1, -0.05) is 66.0 Å². The van der Waals surface area contributed by atoms with Crippen LogP contribution in [-0.2, 0) is 29.1 Å². The summed E-state index contributed by atoms with van der Waals surface area (Å²) >= 11 is 25.2. The van der Waals surface area contributed by atoms with Crippen molar-refractivity contribution < 1.29 is 19.8 Å². The lowest BCUT2D eigenvalue weighted by Gasteiger charge is -2.22. The summed E-state index contributed by atoms with van der Waals surface area (Å²) in [7, 11) is 7.19. The molecule has 0 aliphatic carbocycles. The quantitative estimate of drug-likeness (QED) is 0.148. The normalized spacial score (nSPS) is 11.2. The summed E-state index contributed by atoms with van der Waals surface area (Å²) < 4.78 is 3.21. The number of anilines is 2. The summed E-state index contributed by atoms with van der Waals surface area (Å²) in [6, 6.07) is 13.2. The first-order valence-electron chi connectivity index (χ1n) is 15.9. The number of benzene rings is 4. The topological polar surface area (TPSA) is 125 Å². The maximum absolute atomic E-state index is 13.1. The van der Waals surface area contributed by atoms with E-state index >= 15 is 0 Å². The Morgan fingerprint density at radius 3 is 1.48 bits per heavy atom. The van der Waals surface area contributed by atoms with Gasteiger partial charge in [-0.05, 0) is 66.1 Å². The molecule has 0 amide bonds. The largest absolute Gasteiger partial charge is 0.480 e. The fraction of sp³-hybridized carbons (Fsp3) is 0.211. The molecule has 2 N–H and O–H groups in total. The first-order valence-corrected chi connectivity index (χ1v) is 17.4. The summed E-state index contributed by atoms with van der Waals surface area (Å²) in [5.74, 6) is -2.04. The standard InChI is InChI=1S/C19H18Cl2N2O3.C19H16Cl2N2O3/c2*1-4-10-7-15-12(8-14(10)21)19(26)11-5-6-13(20)18(22(2)3)17(11)23(15)9-16(24)25/h5-8H,4,9H2,1-3H3,(H,24,25);4-8H,1,9H2,2-3H3,(H,24,25). The average Bonchev–Trinajstić information content (AvgIpc) is 3.07. The van der Waals surface area contributed by atoms with Gasteiger partial charge in [0.05, 0.1) is 43.5 Å². The number of aryl methyl sites for hydroxylation is 1. The Labute approximate surface area is 318 Å². The number of carbonyl (C=O) groups is 2. The number of hydrogen-bond acceptors (Lipinski definition) is 6. The molecule has 2 aromatic heterocycles. The molecule has 0 atom stereocenters. The second-order valence-corrected chi connectivity index (χ2v) is 14.0.